The molecule has 1 amide bonds. The van der Waals surface area contributed by atoms with Crippen molar-refractivity contribution in [2.24, 2.45) is 5.10 Å². The first kappa shape index (κ1) is 25.9. The molecular formula is C28H30F2N2O3. The van der Waals surface area contributed by atoms with Gasteiger partial charge >= 0.3 is 6.61 Å². The quantitative estimate of drug-likeness (QED) is 0.274. The zero-order valence-corrected chi connectivity index (χ0v) is 20.3. The van der Waals surface area contributed by atoms with Gasteiger partial charge in [0.05, 0.1) is 5.71 Å². The van der Waals surface area contributed by atoms with Crippen LogP contribution in [0.5, 0.6) is 11.5 Å². The van der Waals surface area contributed by atoms with Crippen LogP contribution in [0.2, 0.25) is 0 Å². The highest BCUT2D eigenvalue weighted by molar-refractivity contribution is 6.02. The summed E-state index contributed by atoms with van der Waals surface area (Å²) >= 11 is 0. The maximum atomic E-state index is 12.5. The molecule has 5 nitrogen and oxygen atoms in total. The van der Waals surface area contributed by atoms with Crippen molar-refractivity contribution in [2.75, 3.05) is 0 Å². The Morgan fingerprint density at radius 3 is 2.00 bits per heavy atom. The lowest BCUT2D eigenvalue weighted by Gasteiger charge is -2.19. The van der Waals surface area contributed by atoms with E-state index in [9.17, 15) is 13.6 Å². The van der Waals surface area contributed by atoms with Gasteiger partial charge in [-0.2, -0.15) is 13.9 Å². The molecule has 1 N–H and O–H groups in total. The van der Waals surface area contributed by atoms with Gasteiger partial charge in [-0.05, 0) is 77.1 Å². The molecule has 0 aromatic heterocycles. The number of carbonyl (C=O) groups excluding carboxylic acids is 1. The van der Waals surface area contributed by atoms with Gasteiger partial charge in [0.2, 0.25) is 0 Å². The second kappa shape index (κ2) is 11.6. The summed E-state index contributed by atoms with van der Waals surface area (Å²) in [5.41, 5.74) is 6.61. The Morgan fingerprint density at radius 1 is 0.886 bits per heavy atom. The molecule has 3 aromatic rings. The maximum Gasteiger partial charge on any atom is 0.387 e. The fraction of sp³-hybridized carbons (Fsp3) is 0.286. The summed E-state index contributed by atoms with van der Waals surface area (Å²) < 4.78 is 34.8. The summed E-state index contributed by atoms with van der Waals surface area (Å²) in [5.74, 6) is 0.503. The molecular weight excluding hydrogens is 450 g/mol. The number of halogens is 2. The standard InChI is InChI=1S/C28H30F2N2O3/c1-5-25(20-10-14-24(15-11-20)35-27(29)30)31-32-26(33)21-8-6-19(7-9-21)18-34-23-16-12-22(13-17-23)28(2,3)4/h6-17,27H,5,18H2,1-4H3,(H,32,33). The maximum absolute atomic E-state index is 12.5. The zero-order valence-electron chi connectivity index (χ0n) is 20.3. The van der Waals surface area contributed by atoms with E-state index in [4.69, 9.17) is 4.74 Å². The zero-order chi connectivity index (χ0) is 25.4. The summed E-state index contributed by atoms with van der Waals surface area (Å²) in [7, 11) is 0. The van der Waals surface area contributed by atoms with E-state index in [2.05, 4.69) is 48.2 Å². The Morgan fingerprint density at radius 2 is 1.46 bits per heavy atom. The van der Waals surface area contributed by atoms with E-state index in [1.54, 1.807) is 24.3 Å². The molecule has 0 aliphatic carbocycles. The highest BCUT2D eigenvalue weighted by atomic mass is 19.3. The summed E-state index contributed by atoms with van der Waals surface area (Å²) in [6.07, 6.45) is 0.544. The highest BCUT2D eigenvalue weighted by Crippen LogP contribution is 2.24. The Hall–Kier alpha value is -3.74. The van der Waals surface area contributed by atoms with E-state index < -0.39 is 6.61 Å². The van der Waals surface area contributed by atoms with Gasteiger partial charge in [-0.15, -0.1) is 0 Å². The van der Waals surface area contributed by atoms with Crippen LogP contribution < -0.4 is 14.9 Å². The number of hydrogen-bond donors (Lipinski definition) is 1. The van der Waals surface area contributed by atoms with Gasteiger partial charge in [-0.3, -0.25) is 4.79 Å². The fourth-order valence-corrected chi connectivity index (χ4v) is 3.33. The lowest BCUT2D eigenvalue weighted by atomic mass is 9.87. The molecule has 0 spiro atoms. The molecule has 7 heteroatoms. The molecule has 3 rings (SSSR count). The molecule has 0 heterocycles. The average molecular weight is 481 g/mol. The minimum atomic E-state index is -2.88. The molecule has 0 aliphatic rings. The average Bonchev–Trinajstić information content (AvgIpc) is 2.83. The van der Waals surface area contributed by atoms with Gasteiger partial charge in [0, 0.05) is 5.56 Å². The number of ether oxygens (including phenoxy) is 2. The van der Waals surface area contributed by atoms with Gasteiger partial charge in [0.25, 0.3) is 5.91 Å². The van der Waals surface area contributed by atoms with Crippen molar-refractivity contribution in [3.8, 4) is 11.5 Å². The molecule has 3 aromatic carbocycles. The molecule has 0 atom stereocenters. The third kappa shape index (κ3) is 7.64. The number of benzene rings is 3. The molecule has 0 unspecified atom stereocenters. The number of amides is 1. The molecule has 0 saturated carbocycles. The molecule has 35 heavy (non-hydrogen) atoms. The number of rotatable bonds is 9. The van der Waals surface area contributed by atoms with Crippen molar-refractivity contribution < 1.29 is 23.0 Å². The predicted molar refractivity (Wildman–Crippen MR) is 133 cm³/mol. The van der Waals surface area contributed by atoms with Crippen LogP contribution in [0.3, 0.4) is 0 Å². The van der Waals surface area contributed by atoms with Gasteiger partial charge in [0.1, 0.15) is 18.1 Å². The minimum Gasteiger partial charge on any atom is -0.489 e. The lowest BCUT2D eigenvalue weighted by Crippen LogP contribution is -2.20. The molecule has 0 radical (unpaired) electrons. The first-order valence-corrected chi connectivity index (χ1v) is 11.4. The smallest absolute Gasteiger partial charge is 0.387 e. The van der Waals surface area contributed by atoms with Crippen LogP contribution in [-0.4, -0.2) is 18.2 Å². The Kier molecular flexibility index (Phi) is 8.58. The van der Waals surface area contributed by atoms with Crippen LogP contribution in [0.25, 0.3) is 0 Å². The molecule has 0 bridgehead atoms. The molecule has 0 fully saturated rings. The van der Waals surface area contributed by atoms with Crippen molar-refractivity contribution >= 4 is 11.6 Å². The van der Waals surface area contributed by atoms with Crippen molar-refractivity contribution in [3.05, 3.63) is 95.1 Å². The second-order valence-electron chi connectivity index (χ2n) is 9.02. The van der Waals surface area contributed by atoms with E-state index in [1.807, 2.05) is 31.2 Å². The van der Waals surface area contributed by atoms with Crippen LogP contribution in [0.15, 0.2) is 77.9 Å². The van der Waals surface area contributed by atoms with Gasteiger partial charge < -0.3 is 9.47 Å². The summed E-state index contributed by atoms with van der Waals surface area (Å²) in [4.78, 5) is 12.5. The minimum absolute atomic E-state index is 0.0641. The van der Waals surface area contributed by atoms with E-state index in [0.29, 0.717) is 29.9 Å². The van der Waals surface area contributed by atoms with Crippen LogP contribution in [0, 0.1) is 0 Å². The monoisotopic (exact) mass is 480 g/mol. The number of nitrogens with one attached hydrogen (secondary N) is 1. The first-order chi connectivity index (χ1) is 16.7. The normalized spacial score (nSPS) is 11.9. The van der Waals surface area contributed by atoms with Crippen LogP contribution in [0.4, 0.5) is 8.78 Å². The summed E-state index contributed by atoms with van der Waals surface area (Å²) in [5, 5.41) is 4.21. The van der Waals surface area contributed by atoms with Crippen LogP contribution in [-0.2, 0) is 12.0 Å². The Labute approximate surface area is 204 Å². The van der Waals surface area contributed by atoms with E-state index in [0.717, 1.165) is 11.3 Å². The number of nitrogens with zero attached hydrogens (tertiary/aromatic N) is 1. The van der Waals surface area contributed by atoms with Crippen molar-refractivity contribution in [2.45, 2.75) is 52.7 Å². The molecule has 184 valence electrons. The highest BCUT2D eigenvalue weighted by Gasteiger charge is 2.13. The Balaban J connectivity index is 1.56. The third-order valence-corrected chi connectivity index (χ3v) is 5.38. The molecule has 0 saturated heterocycles. The number of carbonyl (C=O) groups is 1. The number of hydrogen-bond acceptors (Lipinski definition) is 4. The lowest BCUT2D eigenvalue weighted by molar-refractivity contribution is -0.0498. The SMILES string of the molecule is CCC(=NNC(=O)c1ccc(COc2ccc(C(C)(C)C)cc2)cc1)c1ccc(OC(F)F)cc1. The van der Waals surface area contributed by atoms with Crippen molar-refractivity contribution in [1.29, 1.82) is 0 Å². The molecule has 0 aliphatic heterocycles. The van der Waals surface area contributed by atoms with Gasteiger partial charge in [-0.1, -0.05) is 52.0 Å². The fourth-order valence-electron chi connectivity index (χ4n) is 3.33. The second-order valence-corrected chi connectivity index (χ2v) is 9.02. The van der Waals surface area contributed by atoms with Crippen molar-refractivity contribution in [3.63, 3.8) is 0 Å². The summed E-state index contributed by atoms with van der Waals surface area (Å²) in [6, 6.07) is 21.3. The van der Waals surface area contributed by atoms with Crippen LogP contribution in [0.1, 0.15) is 61.2 Å². The topological polar surface area (TPSA) is 59.9 Å². The number of alkyl halides is 2. The van der Waals surface area contributed by atoms with E-state index in [1.165, 1.54) is 17.7 Å². The van der Waals surface area contributed by atoms with Crippen molar-refractivity contribution in [1.82, 2.24) is 5.43 Å². The number of hydrazone groups is 1. The summed E-state index contributed by atoms with van der Waals surface area (Å²) in [6.45, 7) is 5.90. The first-order valence-electron chi connectivity index (χ1n) is 11.4. The third-order valence-electron chi connectivity index (χ3n) is 5.38. The Bertz CT molecular complexity index is 1130. The van der Waals surface area contributed by atoms with E-state index >= 15 is 0 Å². The largest absolute Gasteiger partial charge is 0.489 e. The predicted octanol–water partition coefficient (Wildman–Crippen LogP) is 6.71. The van der Waals surface area contributed by atoms with Gasteiger partial charge in [-0.25, -0.2) is 5.43 Å². The van der Waals surface area contributed by atoms with Crippen LogP contribution >= 0.6 is 0 Å². The van der Waals surface area contributed by atoms with E-state index in [-0.39, 0.29) is 17.1 Å². The van der Waals surface area contributed by atoms with Gasteiger partial charge in [0.15, 0.2) is 0 Å².